The molecule has 34 heavy (non-hydrogen) atoms. The van der Waals surface area contributed by atoms with E-state index in [2.05, 4.69) is 10.1 Å². The van der Waals surface area contributed by atoms with Crippen LogP contribution >= 0.6 is 23.2 Å². The van der Waals surface area contributed by atoms with Crippen molar-refractivity contribution in [1.29, 1.82) is 0 Å². The SMILES string of the molecule is CCS(=O)(=O)c1ccc(CC(=O)NC(C)=CC(Cl)=C(C)c2ccc(Cl)cc2OC(F)(F)F)cc1. The van der Waals surface area contributed by atoms with Crippen LogP contribution in [0, 0.1) is 0 Å². The lowest BCUT2D eigenvalue weighted by Gasteiger charge is -2.15. The van der Waals surface area contributed by atoms with Gasteiger partial charge in [0.15, 0.2) is 9.84 Å². The van der Waals surface area contributed by atoms with E-state index >= 15 is 0 Å². The molecule has 1 N–H and O–H groups in total. The summed E-state index contributed by atoms with van der Waals surface area (Å²) in [7, 11) is -3.33. The largest absolute Gasteiger partial charge is 0.573 e. The normalized spacial score (nSPS) is 13.4. The molecule has 0 aromatic heterocycles. The Bertz CT molecular complexity index is 1220. The molecule has 0 unspecified atom stereocenters. The molecule has 0 radical (unpaired) electrons. The van der Waals surface area contributed by atoms with E-state index < -0.39 is 21.9 Å². The Morgan fingerprint density at radius 1 is 1.12 bits per heavy atom. The molecule has 0 aliphatic carbocycles. The fourth-order valence-electron chi connectivity index (χ4n) is 2.91. The lowest BCUT2D eigenvalue weighted by atomic mass is 10.1. The monoisotopic (exact) mass is 535 g/mol. The summed E-state index contributed by atoms with van der Waals surface area (Å²) in [5, 5.41) is 2.78. The van der Waals surface area contributed by atoms with Crippen molar-refractivity contribution in [3.63, 3.8) is 0 Å². The number of carbonyl (C=O) groups is 1. The maximum atomic E-state index is 12.7. The summed E-state index contributed by atoms with van der Waals surface area (Å²) in [4.78, 5) is 12.5. The van der Waals surface area contributed by atoms with Gasteiger partial charge < -0.3 is 10.1 Å². The van der Waals surface area contributed by atoms with E-state index in [0.717, 1.165) is 6.07 Å². The number of rotatable bonds is 8. The number of benzene rings is 2. The number of hydrogen-bond acceptors (Lipinski definition) is 4. The molecule has 0 heterocycles. The maximum absolute atomic E-state index is 12.7. The average molecular weight is 536 g/mol. The highest BCUT2D eigenvalue weighted by molar-refractivity contribution is 7.91. The molecule has 0 spiro atoms. The van der Waals surface area contributed by atoms with Gasteiger partial charge in [0.05, 0.1) is 17.1 Å². The Morgan fingerprint density at radius 2 is 1.74 bits per heavy atom. The molecule has 1 amide bonds. The van der Waals surface area contributed by atoms with E-state index in [9.17, 15) is 26.4 Å². The Balaban J connectivity index is 2.16. The van der Waals surface area contributed by atoms with Crippen molar-refractivity contribution < 1.29 is 31.1 Å². The topological polar surface area (TPSA) is 72.5 Å². The number of amides is 1. The van der Waals surface area contributed by atoms with E-state index in [1.165, 1.54) is 37.3 Å². The second kappa shape index (κ2) is 11.3. The Hall–Kier alpha value is -2.49. The van der Waals surface area contributed by atoms with E-state index in [4.69, 9.17) is 23.2 Å². The van der Waals surface area contributed by atoms with Gasteiger partial charge in [0.2, 0.25) is 5.91 Å². The zero-order chi connectivity index (χ0) is 25.7. The van der Waals surface area contributed by atoms with Gasteiger partial charge in [-0.15, -0.1) is 13.2 Å². The quantitative estimate of drug-likeness (QED) is 0.404. The number of halogens is 5. The molecule has 2 aromatic rings. The smallest absolute Gasteiger partial charge is 0.405 e. The van der Waals surface area contributed by atoms with E-state index in [0.29, 0.717) is 11.3 Å². The van der Waals surface area contributed by atoms with Crippen molar-refractivity contribution in [3.05, 3.63) is 75.4 Å². The molecule has 0 atom stereocenters. The van der Waals surface area contributed by atoms with Crippen molar-refractivity contribution >= 4 is 44.5 Å². The third-order valence-corrected chi connectivity index (χ3v) is 7.02. The molecule has 0 saturated carbocycles. The van der Waals surface area contributed by atoms with E-state index in [-0.39, 0.29) is 44.2 Å². The van der Waals surface area contributed by atoms with Crippen LogP contribution in [0.25, 0.3) is 5.57 Å². The maximum Gasteiger partial charge on any atom is 0.573 e. The van der Waals surface area contributed by atoms with Crippen LogP contribution in [0.5, 0.6) is 5.75 Å². The second-order valence-corrected chi connectivity index (χ2v) is 10.4. The number of alkyl halides is 3. The highest BCUT2D eigenvalue weighted by Gasteiger charge is 2.32. The van der Waals surface area contributed by atoms with Gasteiger partial charge in [-0.3, -0.25) is 4.79 Å². The van der Waals surface area contributed by atoms with Crippen LogP contribution in [0.2, 0.25) is 5.02 Å². The molecule has 0 aliphatic heterocycles. The van der Waals surface area contributed by atoms with Crippen LogP contribution < -0.4 is 10.1 Å². The van der Waals surface area contributed by atoms with Crippen LogP contribution in [-0.2, 0) is 21.1 Å². The van der Waals surface area contributed by atoms with Gasteiger partial charge in [-0.2, -0.15) is 0 Å². The van der Waals surface area contributed by atoms with Gasteiger partial charge in [0.1, 0.15) is 5.75 Å². The zero-order valence-corrected chi connectivity index (χ0v) is 20.8. The summed E-state index contributed by atoms with van der Waals surface area (Å²) >= 11 is 12.1. The highest BCUT2D eigenvalue weighted by atomic mass is 35.5. The van der Waals surface area contributed by atoms with Gasteiger partial charge >= 0.3 is 6.36 Å². The van der Waals surface area contributed by atoms with Gasteiger partial charge in [-0.1, -0.05) is 42.3 Å². The summed E-state index contributed by atoms with van der Waals surface area (Å²) in [6.07, 6.45) is -3.53. The first-order valence-corrected chi connectivity index (χ1v) is 12.3. The fraction of sp³-hybridized carbons (Fsp3) is 0.261. The number of allylic oxidation sites excluding steroid dienone is 4. The van der Waals surface area contributed by atoms with Crippen LogP contribution in [0.3, 0.4) is 0 Å². The predicted octanol–water partition coefficient (Wildman–Crippen LogP) is 6.26. The van der Waals surface area contributed by atoms with Crippen molar-refractivity contribution in [2.45, 2.75) is 38.4 Å². The van der Waals surface area contributed by atoms with Gasteiger partial charge in [0.25, 0.3) is 0 Å². The molecule has 0 aliphatic rings. The van der Waals surface area contributed by atoms with Crippen LogP contribution in [0.4, 0.5) is 13.2 Å². The van der Waals surface area contributed by atoms with Crippen molar-refractivity contribution in [3.8, 4) is 5.75 Å². The Morgan fingerprint density at radius 3 is 2.29 bits per heavy atom. The van der Waals surface area contributed by atoms with Gasteiger partial charge in [-0.05, 0) is 61.4 Å². The number of carbonyl (C=O) groups excluding carboxylic acids is 1. The van der Waals surface area contributed by atoms with Crippen molar-refractivity contribution in [1.82, 2.24) is 5.32 Å². The fourth-order valence-corrected chi connectivity index (χ4v) is 4.22. The molecule has 184 valence electrons. The number of ether oxygens (including phenoxy) is 1. The van der Waals surface area contributed by atoms with Crippen molar-refractivity contribution in [2.24, 2.45) is 0 Å². The Kier molecular flexibility index (Phi) is 9.22. The molecule has 2 aromatic carbocycles. The summed E-state index contributed by atoms with van der Waals surface area (Å²) < 4.78 is 66.0. The summed E-state index contributed by atoms with van der Waals surface area (Å²) in [6.45, 7) is 4.62. The predicted molar refractivity (Wildman–Crippen MR) is 126 cm³/mol. The van der Waals surface area contributed by atoms with E-state index in [1.54, 1.807) is 26.0 Å². The van der Waals surface area contributed by atoms with Crippen LogP contribution in [0.15, 0.2) is 64.2 Å². The standard InChI is InChI=1S/C23H22Cl2F3NO4S/c1-4-34(31,32)18-8-5-16(6-9-18)12-22(30)29-14(2)11-20(25)15(3)19-10-7-17(24)13-21(19)33-23(26,27)28/h5-11,13H,4,12H2,1-3H3,(H,29,30). The lowest BCUT2D eigenvalue weighted by Crippen LogP contribution is -2.23. The van der Waals surface area contributed by atoms with Crippen LogP contribution in [0.1, 0.15) is 31.9 Å². The minimum atomic E-state index is -4.91. The highest BCUT2D eigenvalue weighted by Crippen LogP contribution is 2.35. The molecular weight excluding hydrogens is 514 g/mol. The summed E-state index contributed by atoms with van der Waals surface area (Å²) in [6, 6.07) is 9.79. The summed E-state index contributed by atoms with van der Waals surface area (Å²) in [5.74, 6) is -0.904. The first-order valence-electron chi connectivity index (χ1n) is 9.93. The first-order chi connectivity index (χ1) is 15.7. The van der Waals surface area contributed by atoms with Gasteiger partial charge in [0, 0.05) is 21.3 Å². The third kappa shape index (κ3) is 8.07. The third-order valence-electron chi connectivity index (χ3n) is 4.64. The molecular formula is C23H22Cl2F3NO4S. The molecule has 11 heteroatoms. The molecule has 0 bridgehead atoms. The second-order valence-electron chi connectivity index (χ2n) is 7.26. The molecule has 2 rings (SSSR count). The zero-order valence-electron chi connectivity index (χ0n) is 18.5. The minimum absolute atomic E-state index is 0.0152. The van der Waals surface area contributed by atoms with Gasteiger partial charge in [-0.25, -0.2) is 8.42 Å². The minimum Gasteiger partial charge on any atom is -0.405 e. The summed E-state index contributed by atoms with van der Waals surface area (Å²) in [5.41, 5.74) is 1.32. The molecule has 5 nitrogen and oxygen atoms in total. The number of nitrogens with one attached hydrogen (secondary N) is 1. The number of sulfone groups is 1. The molecule has 0 saturated heterocycles. The van der Waals surface area contributed by atoms with Crippen molar-refractivity contribution in [2.75, 3.05) is 5.75 Å². The average Bonchev–Trinajstić information content (AvgIpc) is 2.72. The number of hydrogen-bond donors (Lipinski definition) is 1. The van der Waals surface area contributed by atoms with E-state index in [1.807, 2.05) is 0 Å². The first kappa shape index (κ1) is 27.8. The Labute approximate surface area is 206 Å². The van der Waals surface area contributed by atoms with Crippen LogP contribution in [-0.4, -0.2) is 26.4 Å². The lowest BCUT2D eigenvalue weighted by molar-refractivity contribution is -0.274. The molecule has 0 fully saturated rings.